The minimum atomic E-state index is -0.179. The van der Waals surface area contributed by atoms with Gasteiger partial charge in [-0.2, -0.15) is 0 Å². The van der Waals surface area contributed by atoms with Crippen molar-refractivity contribution in [2.45, 2.75) is 44.9 Å². The molecule has 1 atom stereocenters. The summed E-state index contributed by atoms with van der Waals surface area (Å²) in [6, 6.07) is 7.99. The molecule has 35 heavy (non-hydrogen) atoms. The van der Waals surface area contributed by atoms with Crippen LogP contribution in [0.15, 0.2) is 24.3 Å². The van der Waals surface area contributed by atoms with E-state index in [4.69, 9.17) is 14.7 Å². The van der Waals surface area contributed by atoms with E-state index < -0.39 is 0 Å². The first kappa shape index (κ1) is 23.5. The fraction of sp³-hybridized carbons (Fsp3) is 0.520. The van der Waals surface area contributed by atoms with Crippen LogP contribution in [-0.4, -0.2) is 84.2 Å². The highest BCUT2D eigenvalue weighted by Gasteiger charge is 2.31. The topological polar surface area (TPSA) is 103 Å². The average Bonchev–Trinajstić information content (AvgIpc) is 3.52. The Kier molecular flexibility index (Phi) is 6.57. The highest BCUT2D eigenvalue weighted by atomic mass is 16.5. The number of ether oxygens (including phenoxy) is 1. The van der Waals surface area contributed by atoms with E-state index in [1.165, 1.54) is 0 Å². The molecule has 2 fully saturated rings. The smallest absolute Gasteiger partial charge is 0.319 e. The van der Waals surface area contributed by atoms with Crippen LogP contribution >= 0.6 is 0 Å². The lowest BCUT2D eigenvalue weighted by Gasteiger charge is -2.33. The first-order valence-electron chi connectivity index (χ1n) is 12.2. The number of carbonyl (C=O) groups excluding carboxylic acids is 2. The Hall–Kier alpha value is -3.24. The van der Waals surface area contributed by atoms with Gasteiger partial charge in [0.1, 0.15) is 0 Å². The van der Waals surface area contributed by atoms with Crippen LogP contribution in [0, 0.1) is 0 Å². The lowest BCUT2D eigenvalue weighted by molar-refractivity contribution is -0.132. The van der Waals surface area contributed by atoms with Crippen molar-refractivity contribution in [3.63, 3.8) is 0 Å². The van der Waals surface area contributed by atoms with Crippen LogP contribution in [0.3, 0.4) is 0 Å². The predicted molar refractivity (Wildman–Crippen MR) is 133 cm³/mol. The van der Waals surface area contributed by atoms with Gasteiger partial charge in [-0.3, -0.25) is 4.79 Å². The molecule has 1 unspecified atom stereocenters. The van der Waals surface area contributed by atoms with Crippen molar-refractivity contribution in [3.8, 4) is 11.3 Å². The molecule has 1 aromatic carbocycles. The van der Waals surface area contributed by atoms with Crippen LogP contribution in [-0.2, 0) is 22.6 Å². The van der Waals surface area contributed by atoms with Crippen molar-refractivity contribution in [2.24, 2.45) is 0 Å². The minimum Gasteiger partial charge on any atom is -0.377 e. The molecule has 3 aliphatic rings. The zero-order chi connectivity index (χ0) is 24.5. The maximum Gasteiger partial charge on any atom is 0.319 e. The molecule has 2 N–H and O–H groups in total. The average molecular weight is 480 g/mol. The van der Waals surface area contributed by atoms with E-state index in [1.807, 2.05) is 48.2 Å². The van der Waals surface area contributed by atoms with Crippen LogP contribution < -0.4 is 15.5 Å². The molecular formula is C25H33N7O3. The molecule has 5 rings (SSSR count). The van der Waals surface area contributed by atoms with Gasteiger partial charge in [-0.05, 0) is 46.0 Å². The van der Waals surface area contributed by atoms with E-state index in [-0.39, 0.29) is 18.0 Å². The molecule has 1 aromatic heterocycles. The van der Waals surface area contributed by atoms with Gasteiger partial charge in [0.15, 0.2) is 0 Å². The molecule has 2 aromatic rings. The second-order valence-corrected chi connectivity index (χ2v) is 9.85. The maximum atomic E-state index is 12.8. The molecule has 186 valence electrons. The number of nitrogens with one attached hydrogen (secondary N) is 2. The third-order valence-corrected chi connectivity index (χ3v) is 6.53. The number of nitrogens with zero attached hydrogens (tertiary/aromatic N) is 5. The van der Waals surface area contributed by atoms with Gasteiger partial charge in [0, 0.05) is 29.4 Å². The Labute approximate surface area is 205 Å². The van der Waals surface area contributed by atoms with Crippen molar-refractivity contribution in [3.05, 3.63) is 35.5 Å². The van der Waals surface area contributed by atoms with Crippen molar-refractivity contribution >= 4 is 23.6 Å². The monoisotopic (exact) mass is 479 g/mol. The molecule has 0 bridgehead atoms. The number of carbonyl (C=O) groups is 2. The summed E-state index contributed by atoms with van der Waals surface area (Å²) in [5.74, 6) is 0.740. The molecule has 0 spiro atoms. The summed E-state index contributed by atoms with van der Waals surface area (Å²) < 4.78 is 5.60. The van der Waals surface area contributed by atoms with Crippen LogP contribution in [0.4, 0.5) is 16.4 Å². The normalized spacial score (nSPS) is 19.6. The van der Waals surface area contributed by atoms with E-state index >= 15 is 0 Å². The number of likely N-dealkylation sites (N-methyl/N-ethyl adjacent to an activating group) is 1. The molecule has 0 radical (unpaired) electrons. The molecule has 1 aliphatic carbocycles. The van der Waals surface area contributed by atoms with Gasteiger partial charge in [0.05, 0.1) is 50.3 Å². The van der Waals surface area contributed by atoms with Crippen molar-refractivity contribution in [1.82, 2.24) is 25.1 Å². The Morgan fingerprint density at radius 1 is 1.14 bits per heavy atom. The number of urea groups is 1. The molecule has 2 aliphatic heterocycles. The number of hydrogen-bond donors (Lipinski definition) is 2. The molecule has 1 saturated heterocycles. The maximum absolute atomic E-state index is 12.8. The first-order valence-corrected chi connectivity index (χ1v) is 12.2. The highest BCUT2D eigenvalue weighted by Crippen LogP contribution is 2.33. The number of morpholine rings is 1. The van der Waals surface area contributed by atoms with E-state index in [0.29, 0.717) is 44.8 Å². The number of fused-ring (bicyclic) bond motifs is 1. The highest BCUT2D eigenvalue weighted by molar-refractivity contribution is 5.90. The van der Waals surface area contributed by atoms with Gasteiger partial charge in [-0.15, -0.1) is 0 Å². The van der Waals surface area contributed by atoms with Crippen LogP contribution in [0.1, 0.15) is 31.0 Å². The SMILES string of the molecule is CC1COCCN1c1nc2c(c(-c3ccc(NC(=O)NC4CC4)cc3)n1)CN(C(=O)CN(C)C)C2. The van der Waals surface area contributed by atoms with Crippen molar-refractivity contribution in [1.29, 1.82) is 0 Å². The number of benzene rings is 1. The van der Waals surface area contributed by atoms with Crippen molar-refractivity contribution in [2.75, 3.05) is 50.6 Å². The van der Waals surface area contributed by atoms with Gasteiger partial charge in [0.2, 0.25) is 11.9 Å². The third kappa shape index (κ3) is 5.38. The Balaban J connectivity index is 1.44. The fourth-order valence-corrected chi connectivity index (χ4v) is 4.47. The predicted octanol–water partition coefficient (Wildman–Crippen LogP) is 2.06. The Bertz CT molecular complexity index is 1100. The third-order valence-electron chi connectivity index (χ3n) is 6.53. The summed E-state index contributed by atoms with van der Waals surface area (Å²) in [7, 11) is 3.79. The number of amides is 3. The zero-order valence-corrected chi connectivity index (χ0v) is 20.6. The van der Waals surface area contributed by atoms with Crippen LogP contribution in [0.25, 0.3) is 11.3 Å². The standard InChI is InChI=1S/C25H33N7O3/c1-16-15-35-11-10-32(16)24-28-21-13-31(22(33)14-30(2)3)12-20(21)23(29-24)17-4-6-18(7-5-17)26-25(34)27-19-8-9-19/h4-7,16,19H,8-15H2,1-3H3,(H2,26,27,34). The summed E-state index contributed by atoms with van der Waals surface area (Å²) in [6.45, 7) is 5.41. The van der Waals surface area contributed by atoms with Crippen LogP contribution in [0.2, 0.25) is 0 Å². The van der Waals surface area contributed by atoms with Gasteiger partial charge < -0.3 is 30.1 Å². The fourth-order valence-electron chi connectivity index (χ4n) is 4.47. The Morgan fingerprint density at radius 2 is 1.91 bits per heavy atom. The molecule has 3 heterocycles. The molecule has 3 amide bonds. The largest absolute Gasteiger partial charge is 0.377 e. The van der Waals surface area contributed by atoms with Crippen molar-refractivity contribution < 1.29 is 14.3 Å². The van der Waals surface area contributed by atoms with E-state index in [2.05, 4.69) is 22.5 Å². The van der Waals surface area contributed by atoms with E-state index in [9.17, 15) is 9.59 Å². The molecular weight excluding hydrogens is 446 g/mol. The lowest BCUT2D eigenvalue weighted by atomic mass is 10.1. The van der Waals surface area contributed by atoms with Gasteiger partial charge in [0.25, 0.3) is 0 Å². The first-order chi connectivity index (χ1) is 16.9. The minimum absolute atomic E-state index is 0.0708. The summed E-state index contributed by atoms with van der Waals surface area (Å²) in [4.78, 5) is 40.7. The zero-order valence-electron chi connectivity index (χ0n) is 20.6. The molecule has 10 nitrogen and oxygen atoms in total. The quantitative estimate of drug-likeness (QED) is 0.654. The summed E-state index contributed by atoms with van der Waals surface area (Å²) >= 11 is 0. The van der Waals surface area contributed by atoms with Gasteiger partial charge >= 0.3 is 6.03 Å². The number of anilines is 2. The van der Waals surface area contributed by atoms with Gasteiger partial charge in [-0.25, -0.2) is 14.8 Å². The number of aromatic nitrogens is 2. The number of hydrogen-bond acceptors (Lipinski definition) is 7. The second-order valence-electron chi connectivity index (χ2n) is 9.85. The van der Waals surface area contributed by atoms with E-state index in [1.54, 1.807) is 0 Å². The van der Waals surface area contributed by atoms with Crippen LogP contribution in [0.5, 0.6) is 0 Å². The molecule has 10 heteroatoms. The summed E-state index contributed by atoms with van der Waals surface area (Å²) in [5, 5.41) is 5.82. The number of rotatable bonds is 6. The second kappa shape index (κ2) is 9.79. The summed E-state index contributed by atoms with van der Waals surface area (Å²) in [5.41, 5.74) is 4.36. The van der Waals surface area contributed by atoms with E-state index in [0.717, 1.165) is 47.6 Å². The van der Waals surface area contributed by atoms with Gasteiger partial charge in [-0.1, -0.05) is 12.1 Å². The molecule has 1 saturated carbocycles. The lowest BCUT2D eigenvalue weighted by Crippen LogP contribution is -2.44. The Morgan fingerprint density at radius 3 is 2.60 bits per heavy atom. The summed E-state index contributed by atoms with van der Waals surface area (Å²) in [6.07, 6.45) is 2.09.